The van der Waals surface area contributed by atoms with Crippen LogP contribution in [0.15, 0.2) is 0 Å². The number of Topliss-reactive ketones (excluding diaryl/α,β-unsaturated/α-hetero) is 1. The minimum atomic E-state index is -0.577. The summed E-state index contributed by atoms with van der Waals surface area (Å²) < 4.78 is 5.07. The number of rotatable bonds is 1. The summed E-state index contributed by atoms with van der Waals surface area (Å²) in [6.07, 6.45) is 7.18. The third kappa shape index (κ3) is 2.43. The van der Waals surface area contributed by atoms with Gasteiger partial charge in [0, 0.05) is 12.3 Å². The zero-order valence-corrected chi connectivity index (χ0v) is 16.7. The van der Waals surface area contributed by atoms with Crippen molar-refractivity contribution in [3.8, 4) is 0 Å². The van der Waals surface area contributed by atoms with Crippen LogP contribution in [0.1, 0.15) is 72.1 Å². The Balaban J connectivity index is 1.66. The molecule has 4 nitrogen and oxygen atoms in total. The molecule has 8 atom stereocenters. The number of carbonyl (C=O) groups is 2. The van der Waals surface area contributed by atoms with Crippen LogP contribution in [0.3, 0.4) is 0 Å². The normalized spacial score (nSPS) is 53.4. The second-order valence-electron chi connectivity index (χ2n) is 10.5. The van der Waals surface area contributed by atoms with Crippen molar-refractivity contribution in [1.82, 2.24) is 0 Å². The highest BCUT2D eigenvalue weighted by Gasteiger charge is 2.64. The molecule has 4 aliphatic carbocycles. The maximum absolute atomic E-state index is 13.4. The summed E-state index contributed by atoms with van der Waals surface area (Å²) in [5, 5.41) is 10.6. The van der Waals surface area contributed by atoms with Gasteiger partial charge in [0.15, 0.2) is 0 Å². The van der Waals surface area contributed by atoms with Gasteiger partial charge in [0.2, 0.25) is 0 Å². The van der Waals surface area contributed by atoms with Gasteiger partial charge in [-0.15, -0.1) is 0 Å². The molecule has 4 fully saturated rings. The lowest BCUT2D eigenvalue weighted by Crippen LogP contribution is -2.59. The molecular formula is C22H34O4. The molecule has 0 spiro atoms. The minimum Gasteiger partial charge on any atom is -0.469 e. The van der Waals surface area contributed by atoms with Crippen molar-refractivity contribution in [2.45, 2.75) is 77.7 Å². The molecule has 0 aliphatic heterocycles. The monoisotopic (exact) mass is 362 g/mol. The molecule has 0 radical (unpaired) electrons. The summed E-state index contributed by atoms with van der Waals surface area (Å²) in [5.41, 5.74) is -0.784. The first kappa shape index (κ1) is 18.5. The standard InChI is InChI=1S/C22H34O4/c1-20(25)9-10-21(2)13(11-20)5-6-14-15-7-8-16(19(24)26-4)22(15,3)12-17(23)18(14)21/h13-16,18,25H,5-12H2,1-4H3/t13-,14-,15-,16+,18+,20+,21-,22-/m0/s1. The molecule has 4 heteroatoms. The van der Waals surface area contributed by atoms with Crippen LogP contribution in [0.5, 0.6) is 0 Å². The molecule has 4 saturated carbocycles. The van der Waals surface area contributed by atoms with E-state index in [0.29, 0.717) is 30.0 Å². The number of ketones is 1. The summed E-state index contributed by atoms with van der Waals surface area (Å²) in [6.45, 7) is 6.44. The van der Waals surface area contributed by atoms with E-state index in [9.17, 15) is 14.7 Å². The quantitative estimate of drug-likeness (QED) is 0.722. The first-order chi connectivity index (χ1) is 12.1. The topological polar surface area (TPSA) is 63.6 Å². The number of hydrogen-bond acceptors (Lipinski definition) is 4. The van der Waals surface area contributed by atoms with Gasteiger partial charge in [0.25, 0.3) is 0 Å². The molecule has 0 bridgehead atoms. The van der Waals surface area contributed by atoms with Gasteiger partial charge in [-0.05, 0) is 80.5 Å². The second kappa shape index (κ2) is 5.80. The van der Waals surface area contributed by atoms with Gasteiger partial charge in [-0.1, -0.05) is 13.8 Å². The van der Waals surface area contributed by atoms with Gasteiger partial charge in [0.05, 0.1) is 18.6 Å². The second-order valence-corrected chi connectivity index (χ2v) is 10.5. The Morgan fingerprint density at radius 1 is 1.08 bits per heavy atom. The molecule has 26 heavy (non-hydrogen) atoms. The van der Waals surface area contributed by atoms with E-state index in [1.165, 1.54) is 7.11 Å². The van der Waals surface area contributed by atoms with Gasteiger partial charge in [-0.3, -0.25) is 9.59 Å². The van der Waals surface area contributed by atoms with Crippen LogP contribution < -0.4 is 0 Å². The van der Waals surface area contributed by atoms with Crippen LogP contribution in [0, 0.1) is 40.4 Å². The minimum absolute atomic E-state index is 0.0208. The third-order valence-electron chi connectivity index (χ3n) is 9.12. The van der Waals surface area contributed by atoms with Crippen molar-refractivity contribution in [2.24, 2.45) is 40.4 Å². The Hall–Kier alpha value is -0.900. The number of fused-ring (bicyclic) bond motifs is 5. The highest BCUT2D eigenvalue weighted by molar-refractivity contribution is 5.86. The number of carbonyl (C=O) groups excluding carboxylic acids is 2. The first-order valence-corrected chi connectivity index (χ1v) is 10.5. The average Bonchev–Trinajstić information content (AvgIpc) is 2.91. The molecule has 0 aromatic rings. The van der Waals surface area contributed by atoms with Crippen LogP contribution >= 0.6 is 0 Å². The lowest BCUT2D eigenvalue weighted by Gasteiger charge is -2.60. The van der Waals surface area contributed by atoms with Crippen molar-refractivity contribution in [3.05, 3.63) is 0 Å². The SMILES string of the molecule is COC(=O)[C@H]1CC[C@H]2[C@@H]3CC[C@H]4C[C@](C)(O)CC[C@]4(C)[C@H]3C(=O)C[C@]12C. The zero-order valence-electron chi connectivity index (χ0n) is 16.7. The van der Waals surface area contributed by atoms with Crippen LogP contribution in [-0.4, -0.2) is 29.6 Å². The summed E-state index contributed by atoms with van der Waals surface area (Å²) in [4.78, 5) is 25.8. The number of ether oxygens (including phenoxy) is 1. The summed E-state index contributed by atoms with van der Waals surface area (Å²) in [5.74, 6) is 1.54. The van der Waals surface area contributed by atoms with Crippen molar-refractivity contribution < 1.29 is 19.4 Å². The molecular weight excluding hydrogens is 328 g/mol. The van der Waals surface area contributed by atoms with E-state index < -0.39 is 5.60 Å². The number of esters is 1. The van der Waals surface area contributed by atoms with E-state index in [-0.39, 0.29) is 28.6 Å². The third-order valence-corrected chi connectivity index (χ3v) is 9.12. The number of aliphatic hydroxyl groups is 1. The first-order valence-electron chi connectivity index (χ1n) is 10.5. The van der Waals surface area contributed by atoms with Crippen molar-refractivity contribution >= 4 is 11.8 Å². The molecule has 0 unspecified atom stereocenters. The molecule has 4 aliphatic rings. The molecule has 1 N–H and O–H groups in total. The van der Waals surface area contributed by atoms with Crippen LogP contribution in [0.2, 0.25) is 0 Å². The smallest absolute Gasteiger partial charge is 0.309 e. The van der Waals surface area contributed by atoms with E-state index in [4.69, 9.17) is 4.74 Å². The maximum atomic E-state index is 13.4. The Bertz CT molecular complexity index is 626. The van der Waals surface area contributed by atoms with Crippen LogP contribution in [-0.2, 0) is 14.3 Å². The van der Waals surface area contributed by atoms with Gasteiger partial charge < -0.3 is 9.84 Å². The van der Waals surface area contributed by atoms with Crippen molar-refractivity contribution in [3.63, 3.8) is 0 Å². The number of methoxy groups -OCH3 is 1. The summed E-state index contributed by atoms with van der Waals surface area (Å²) >= 11 is 0. The lowest BCUT2D eigenvalue weighted by molar-refractivity contribution is -0.171. The molecule has 0 saturated heterocycles. The van der Waals surface area contributed by atoms with Crippen molar-refractivity contribution in [2.75, 3.05) is 7.11 Å². The fourth-order valence-electron chi connectivity index (χ4n) is 7.78. The molecule has 0 heterocycles. The predicted molar refractivity (Wildman–Crippen MR) is 98.2 cm³/mol. The number of hydrogen-bond donors (Lipinski definition) is 1. The van der Waals surface area contributed by atoms with E-state index in [1.807, 2.05) is 6.92 Å². The highest BCUT2D eigenvalue weighted by atomic mass is 16.5. The lowest BCUT2D eigenvalue weighted by atomic mass is 9.43. The molecule has 146 valence electrons. The van der Waals surface area contributed by atoms with E-state index >= 15 is 0 Å². The van der Waals surface area contributed by atoms with E-state index in [0.717, 1.165) is 44.9 Å². The predicted octanol–water partition coefficient (Wildman–Crippen LogP) is 3.75. The Morgan fingerprint density at radius 3 is 2.50 bits per heavy atom. The zero-order chi connectivity index (χ0) is 18.9. The fourth-order valence-corrected chi connectivity index (χ4v) is 7.78. The van der Waals surface area contributed by atoms with Gasteiger partial charge in [-0.2, -0.15) is 0 Å². The summed E-state index contributed by atoms with van der Waals surface area (Å²) in [6, 6.07) is 0. The van der Waals surface area contributed by atoms with Crippen LogP contribution in [0.25, 0.3) is 0 Å². The molecule has 4 rings (SSSR count). The molecule has 0 aromatic carbocycles. The Morgan fingerprint density at radius 2 is 1.81 bits per heavy atom. The van der Waals surface area contributed by atoms with Gasteiger partial charge in [-0.25, -0.2) is 0 Å². The molecule has 0 amide bonds. The largest absolute Gasteiger partial charge is 0.469 e. The van der Waals surface area contributed by atoms with Crippen molar-refractivity contribution in [1.29, 1.82) is 0 Å². The maximum Gasteiger partial charge on any atom is 0.309 e. The van der Waals surface area contributed by atoms with E-state index in [2.05, 4.69) is 13.8 Å². The Labute approximate surface area is 157 Å². The molecule has 0 aromatic heterocycles. The van der Waals surface area contributed by atoms with Gasteiger partial charge >= 0.3 is 5.97 Å². The van der Waals surface area contributed by atoms with E-state index in [1.54, 1.807) is 0 Å². The summed E-state index contributed by atoms with van der Waals surface area (Å²) in [7, 11) is 1.46. The fraction of sp³-hybridized carbons (Fsp3) is 0.909. The Kier molecular flexibility index (Phi) is 4.12. The van der Waals surface area contributed by atoms with Crippen LogP contribution in [0.4, 0.5) is 0 Å². The van der Waals surface area contributed by atoms with Gasteiger partial charge in [0.1, 0.15) is 5.78 Å². The highest BCUT2D eigenvalue weighted by Crippen LogP contribution is 2.67. The average molecular weight is 363 g/mol.